The number of hydrogen-bond acceptors (Lipinski definition) is 3. The molecule has 0 bridgehead atoms. The van der Waals surface area contributed by atoms with E-state index in [1.54, 1.807) is 11.0 Å². The molecule has 1 atom stereocenters. The highest BCUT2D eigenvalue weighted by Gasteiger charge is 2.22. The van der Waals surface area contributed by atoms with Gasteiger partial charge in [0, 0.05) is 26.1 Å². The Balaban J connectivity index is 1.66. The Bertz CT molecular complexity index is 709. The van der Waals surface area contributed by atoms with Crippen molar-refractivity contribution < 1.29 is 9.18 Å². The fraction of sp³-hybridized carbons (Fsp3) is 0.375. The number of imidazole rings is 1. The molecule has 5 nitrogen and oxygen atoms in total. The molecule has 0 radical (unpaired) electrons. The van der Waals surface area contributed by atoms with E-state index in [1.165, 1.54) is 12.1 Å². The number of nitrogens with one attached hydrogen (secondary N) is 2. The minimum Gasteiger partial charge on any atom is -0.342 e. The zero-order valence-electron chi connectivity index (χ0n) is 12.5. The van der Waals surface area contributed by atoms with Crippen molar-refractivity contribution in [1.29, 1.82) is 0 Å². The van der Waals surface area contributed by atoms with E-state index in [2.05, 4.69) is 15.3 Å². The number of halogens is 1. The Hall–Kier alpha value is -2.21. The summed E-state index contributed by atoms with van der Waals surface area (Å²) >= 11 is 0. The zero-order valence-corrected chi connectivity index (χ0v) is 12.5. The van der Waals surface area contributed by atoms with E-state index in [9.17, 15) is 9.18 Å². The predicted molar refractivity (Wildman–Crippen MR) is 82.9 cm³/mol. The second-order valence-electron chi connectivity index (χ2n) is 5.33. The molecule has 0 spiro atoms. The number of fused-ring (bicyclic) bond motifs is 1. The van der Waals surface area contributed by atoms with Crippen LogP contribution in [0.3, 0.4) is 0 Å². The molecule has 0 fully saturated rings. The molecular formula is C16H19FN4O. The van der Waals surface area contributed by atoms with Crippen LogP contribution in [-0.2, 0) is 11.2 Å². The Morgan fingerprint density at radius 3 is 3.09 bits per heavy atom. The number of amides is 1. The van der Waals surface area contributed by atoms with Crippen LogP contribution < -0.4 is 5.32 Å². The average molecular weight is 302 g/mol. The molecule has 0 saturated heterocycles. The lowest BCUT2D eigenvalue weighted by Crippen LogP contribution is -2.44. The van der Waals surface area contributed by atoms with Crippen molar-refractivity contribution >= 4 is 16.9 Å². The summed E-state index contributed by atoms with van der Waals surface area (Å²) in [5.74, 6) is 0.562. The molecule has 1 amide bonds. The summed E-state index contributed by atoms with van der Waals surface area (Å²) in [7, 11) is 0. The van der Waals surface area contributed by atoms with Gasteiger partial charge in [0.25, 0.3) is 0 Å². The van der Waals surface area contributed by atoms with E-state index < -0.39 is 0 Å². The summed E-state index contributed by atoms with van der Waals surface area (Å²) in [6.07, 6.45) is 4.48. The highest BCUT2D eigenvalue weighted by atomic mass is 19.1. The third kappa shape index (κ3) is 3.01. The number of aromatic nitrogens is 2. The van der Waals surface area contributed by atoms with Crippen LogP contribution in [0.5, 0.6) is 0 Å². The van der Waals surface area contributed by atoms with Crippen LogP contribution in [-0.4, -0.2) is 46.5 Å². The number of rotatable bonds is 5. The maximum atomic E-state index is 13.2. The highest BCUT2D eigenvalue weighted by Crippen LogP contribution is 2.13. The molecule has 1 aromatic carbocycles. The van der Waals surface area contributed by atoms with Gasteiger partial charge in [0.2, 0.25) is 5.91 Å². The van der Waals surface area contributed by atoms with Gasteiger partial charge in [-0.3, -0.25) is 10.1 Å². The van der Waals surface area contributed by atoms with E-state index in [0.29, 0.717) is 25.0 Å². The minimum absolute atomic E-state index is 0.0819. The van der Waals surface area contributed by atoms with E-state index in [-0.39, 0.29) is 17.8 Å². The lowest BCUT2D eigenvalue weighted by molar-refractivity contribution is -0.131. The minimum atomic E-state index is -0.285. The normalized spacial score (nSPS) is 17.3. The summed E-state index contributed by atoms with van der Waals surface area (Å²) in [4.78, 5) is 21.7. The molecular weight excluding hydrogens is 283 g/mol. The Morgan fingerprint density at radius 2 is 2.36 bits per heavy atom. The average Bonchev–Trinajstić information content (AvgIpc) is 3.16. The van der Waals surface area contributed by atoms with Gasteiger partial charge in [0.15, 0.2) is 0 Å². The third-order valence-corrected chi connectivity index (χ3v) is 3.86. The van der Waals surface area contributed by atoms with Gasteiger partial charge in [-0.2, -0.15) is 0 Å². The van der Waals surface area contributed by atoms with Crippen LogP contribution in [0.25, 0.3) is 11.0 Å². The molecule has 3 rings (SSSR count). The molecule has 116 valence electrons. The van der Waals surface area contributed by atoms with Crippen molar-refractivity contribution in [3.05, 3.63) is 42.0 Å². The van der Waals surface area contributed by atoms with E-state index in [0.717, 1.165) is 17.9 Å². The van der Waals surface area contributed by atoms with Crippen molar-refractivity contribution in [2.75, 3.05) is 19.6 Å². The molecule has 6 heteroatoms. The van der Waals surface area contributed by atoms with Gasteiger partial charge in [-0.05, 0) is 25.1 Å². The predicted octanol–water partition coefficient (Wildman–Crippen LogP) is 1.62. The summed E-state index contributed by atoms with van der Waals surface area (Å²) < 4.78 is 13.2. The molecule has 2 heterocycles. The topological polar surface area (TPSA) is 61.0 Å². The van der Waals surface area contributed by atoms with Gasteiger partial charge in [-0.1, -0.05) is 12.2 Å². The maximum absolute atomic E-state index is 13.2. The molecule has 1 aromatic heterocycles. The third-order valence-electron chi connectivity index (χ3n) is 3.86. The lowest BCUT2D eigenvalue weighted by Gasteiger charge is -2.23. The van der Waals surface area contributed by atoms with Crippen LogP contribution in [0.1, 0.15) is 12.7 Å². The number of H-pyrrole nitrogens is 1. The molecule has 22 heavy (non-hydrogen) atoms. The molecule has 0 aliphatic carbocycles. The number of carbonyl (C=O) groups excluding carboxylic acids is 1. The van der Waals surface area contributed by atoms with Crippen molar-refractivity contribution in [1.82, 2.24) is 20.2 Å². The first-order valence-corrected chi connectivity index (χ1v) is 7.50. The molecule has 0 unspecified atom stereocenters. The van der Waals surface area contributed by atoms with E-state index in [1.807, 2.05) is 19.1 Å². The van der Waals surface area contributed by atoms with E-state index in [4.69, 9.17) is 0 Å². The Kier molecular flexibility index (Phi) is 4.20. The molecule has 1 aliphatic heterocycles. The second-order valence-corrected chi connectivity index (χ2v) is 5.33. The van der Waals surface area contributed by atoms with Crippen LogP contribution in [0.4, 0.5) is 4.39 Å². The van der Waals surface area contributed by atoms with Crippen LogP contribution in [0, 0.1) is 5.82 Å². The first kappa shape index (κ1) is 14.7. The summed E-state index contributed by atoms with van der Waals surface area (Å²) in [6.45, 7) is 3.94. The second kappa shape index (κ2) is 6.27. The first-order valence-electron chi connectivity index (χ1n) is 7.50. The number of likely N-dealkylation sites (N-methyl/N-ethyl adjacent to an activating group) is 1. The molecule has 2 aromatic rings. The monoisotopic (exact) mass is 302 g/mol. The summed E-state index contributed by atoms with van der Waals surface area (Å²) in [5.41, 5.74) is 1.43. The number of aromatic amines is 1. The fourth-order valence-electron chi connectivity index (χ4n) is 2.65. The van der Waals surface area contributed by atoms with Gasteiger partial charge in [0.1, 0.15) is 17.7 Å². The fourth-order valence-corrected chi connectivity index (χ4v) is 2.65. The van der Waals surface area contributed by atoms with E-state index >= 15 is 0 Å². The number of nitrogens with zero attached hydrogens (tertiary/aromatic N) is 2. The summed E-state index contributed by atoms with van der Waals surface area (Å²) in [5, 5.41) is 3.13. The number of benzene rings is 1. The Labute approximate surface area is 128 Å². The standard InChI is InChI=1S/C16H19FN4O/c1-2-21(16(22)13-4-3-8-18-13)9-7-15-19-12-6-5-11(17)10-14(12)20-15/h3-6,10,13,18H,2,7-9H2,1H3,(H,19,20)/t13-/m0/s1. The van der Waals surface area contributed by atoms with Crippen molar-refractivity contribution in [2.24, 2.45) is 0 Å². The Morgan fingerprint density at radius 1 is 1.50 bits per heavy atom. The highest BCUT2D eigenvalue weighted by molar-refractivity contribution is 5.84. The lowest BCUT2D eigenvalue weighted by atomic mass is 10.2. The molecule has 1 aliphatic rings. The SMILES string of the molecule is CCN(CCc1nc2ccc(F)cc2[nH]1)C(=O)[C@@H]1C=CCN1. The first-order chi connectivity index (χ1) is 10.7. The van der Waals surface area contributed by atoms with Gasteiger partial charge in [0.05, 0.1) is 11.0 Å². The van der Waals surface area contributed by atoms with Crippen LogP contribution >= 0.6 is 0 Å². The van der Waals surface area contributed by atoms with Gasteiger partial charge < -0.3 is 9.88 Å². The van der Waals surface area contributed by atoms with Gasteiger partial charge in [-0.15, -0.1) is 0 Å². The quantitative estimate of drug-likeness (QED) is 0.825. The van der Waals surface area contributed by atoms with Crippen molar-refractivity contribution in [3.8, 4) is 0 Å². The number of carbonyl (C=O) groups is 1. The summed E-state index contributed by atoms with van der Waals surface area (Å²) in [6, 6.07) is 4.26. The van der Waals surface area contributed by atoms with Gasteiger partial charge >= 0.3 is 0 Å². The van der Waals surface area contributed by atoms with Crippen molar-refractivity contribution in [2.45, 2.75) is 19.4 Å². The van der Waals surface area contributed by atoms with Crippen LogP contribution in [0.2, 0.25) is 0 Å². The molecule has 2 N–H and O–H groups in total. The van der Waals surface area contributed by atoms with Crippen LogP contribution in [0.15, 0.2) is 30.4 Å². The maximum Gasteiger partial charge on any atom is 0.243 e. The number of hydrogen-bond donors (Lipinski definition) is 2. The largest absolute Gasteiger partial charge is 0.342 e. The zero-order chi connectivity index (χ0) is 15.5. The molecule has 0 saturated carbocycles. The smallest absolute Gasteiger partial charge is 0.243 e. The van der Waals surface area contributed by atoms with Gasteiger partial charge in [-0.25, -0.2) is 9.37 Å². The van der Waals surface area contributed by atoms with Crippen molar-refractivity contribution in [3.63, 3.8) is 0 Å².